The molecule has 100 valence electrons. The van der Waals surface area contributed by atoms with Crippen molar-refractivity contribution in [1.29, 1.82) is 0 Å². The number of aromatic nitrogens is 2. The van der Waals surface area contributed by atoms with Crippen molar-refractivity contribution >= 4 is 5.97 Å². The molecule has 2 heterocycles. The van der Waals surface area contributed by atoms with Crippen LogP contribution in [0.1, 0.15) is 10.5 Å². The van der Waals surface area contributed by atoms with Gasteiger partial charge in [0.05, 0.1) is 12.8 Å². The number of benzene rings is 1. The molecule has 0 spiro atoms. The van der Waals surface area contributed by atoms with Crippen molar-refractivity contribution in [3.8, 4) is 16.8 Å². The first-order valence-electron chi connectivity index (χ1n) is 6.29. The molecule has 20 heavy (non-hydrogen) atoms. The monoisotopic (exact) mass is 266 g/mol. The summed E-state index contributed by atoms with van der Waals surface area (Å²) in [5, 5.41) is 0. The Morgan fingerprint density at radius 1 is 1.10 bits per heavy atom. The van der Waals surface area contributed by atoms with Crippen molar-refractivity contribution in [2.75, 3.05) is 7.11 Å². The molecule has 0 saturated carbocycles. The predicted molar refractivity (Wildman–Crippen MR) is 76.9 cm³/mol. The Kier molecular flexibility index (Phi) is 3.13. The van der Waals surface area contributed by atoms with Gasteiger partial charge in [0.1, 0.15) is 5.69 Å². The number of nitrogens with one attached hydrogen (secondary N) is 1. The van der Waals surface area contributed by atoms with Crippen LogP contribution in [0.15, 0.2) is 61.1 Å². The van der Waals surface area contributed by atoms with Crippen LogP contribution in [0.3, 0.4) is 0 Å². The summed E-state index contributed by atoms with van der Waals surface area (Å²) in [6.45, 7) is 0. The van der Waals surface area contributed by atoms with Gasteiger partial charge in [0.25, 0.3) is 0 Å². The average molecular weight is 266 g/mol. The van der Waals surface area contributed by atoms with Gasteiger partial charge in [-0.25, -0.2) is 4.79 Å². The molecule has 0 aliphatic carbocycles. The van der Waals surface area contributed by atoms with Gasteiger partial charge in [-0.05, 0) is 17.7 Å². The van der Waals surface area contributed by atoms with Gasteiger partial charge in [-0.3, -0.25) is 0 Å². The van der Waals surface area contributed by atoms with Crippen molar-refractivity contribution in [3.05, 3.63) is 66.7 Å². The van der Waals surface area contributed by atoms with Gasteiger partial charge in [0.15, 0.2) is 0 Å². The smallest absolute Gasteiger partial charge is 0.356 e. The van der Waals surface area contributed by atoms with E-state index in [1.54, 1.807) is 0 Å². The summed E-state index contributed by atoms with van der Waals surface area (Å²) >= 11 is 0. The van der Waals surface area contributed by atoms with E-state index in [2.05, 4.69) is 4.98 Å². The minimum absolute atomic E-state index is 0.379. The topological polar surface area (TPSA) is 47.0 Å². The molecule has 0 amide bonds. The molecule has 1 N–H and O–H groups in total. The number of hydrogen-bond donors (Lipinski definition) is 1. The molecule has 2 aromatic heterocycles. The lowest BCUT2D eigenvalue weighted by Crippen LogP contribution is -2.06. The SMILES string of the molecule is COC(=O)c1[nH]cc(-c2ccccc2)c1-n1cccc1. The highest BCUT2D eigenvalue weighted by Crippen LogP contribution is 2.30. The Labute approximate surface area is 116 Å². The van der Waals surface area contributed by atoms with Crippen molar-refractivity contribution in [3.63, 3.8) is 0 Å². The molecule has 0 aliphatic rings. The number of aromatic amines is 1. The summed E-state index contributed by atoms with van der Waals surface area (Å²) in [6.07, 6.45) is 5.64. The summed E-state index contributed by atoms with van der Waals surface area (Å²) in [5.41, 5.74) is 3.25. The molecule has 0 saturated heterocycles. The molecule has 0 fully saturated rings. The Bertz CT molecular complexity index is 712. The van der Waals surface area contributed by atoms with Crippen LogP contribution in [0, 0.1) is 0 Å². The van der Waals surface area contributed by atoms with Crippen molar-refractivity contribution in [1.82, 2.24) is 9.55 Å². The fraction of sp³-hybridized carbons (Fsp3) is 0.0625. The van der Waals surface area contributed by atoms with E-state index in [1.807, 2.05) is 65.6 Å². The maximum Gasteiger partial charge on any atom is 0.356 e. The molecule has 4 heteroatoms. The third-order valence-corrected chi connectivity index (χ3v) is 3.19. The average Bonchev–Trinajstić information content (AvgIpc) is 3.15. The van der Waals surface area contributed by atoms with E-state index in [1.165, 1.54) is 7.11 Å². The first-order chi connectivity index (χ1) is 9.81. The quantitative estimate of drug-likeness (QED) is 0.740. The van der Waals surface area contributed by atoms with Crippen molar-refractivity contribution in [2.24, 2.45) is 0 Å². The molecule has 0 aliphatic heterocycles. The minimum Gasteiger partial charge on any atom is -0.464 e. The van der Waals surface area contributed by atoms with Gasteiger partial charge in [-0.2, -0.15) is 0 Å². The summed E-state index contributed by atoms with van der Waals surface area (Å²) in [5.74, 6) is -0.379. The van der Waals surface area contributed by atoms with Gasteiger partial charge in [0.2, 0.25) is 0 Å². The fourth-order valence-corrected chi connectivity index (χ4v) is 2.26. The van der Waals surface area contributed by atoms with Gasteiger partial charge < -0.3 is 14.3 Å². The maximum absolute atomic E-state index is 11.9. The molecule has 0 radical (unpaired) electrons. The first kappa shape index (κ1) is 12.3. The molecule has 0 bridgehead atoms. The highest BCUT2D eigenvalue weighted by atomic mass is 16.5. The van der Waals surface area contributed by atoms with E-state index in [-0.39, 0.29) is 5.97 Å². The molecular weight excluding hydrogens is 252 g/mol. The number of methoxy groups -OCH3 is 1. The van der Waals surface area contributed by atoms with E-state index in [0.29, 0.717) is 5.69 Å². The van der Waals surface area contributed by atoms with Crippen LogP contribution >= 0.6 is 0 Å². The van der Waals surface area contributed by atoms with Gasteiger partial charge in [-0.15, -0.1) is 0 Å². The standard InChI is InChI=1S/C16H14N2O2/c1-20-16(19)14-15(18-9-5-6-10-18)13(11-17-14)12-7-3-2-4-8-12/h2-11,17H,1H3. The van der Waals surface area contributed by atoms with E-state index in [4.69, 9.17) is 4.74 Å². The Morgan fingerprint density at radius 3 is 2.45 bits per heavy atom. The third kappa shape index (κ3) is 2.01. The lowest BCUT2D eigenvalue weighted by atomic mass is 10.1. The van der Waals surface area contributed by atoms with Gasteiger partial charge >= 0.3 is 5.97 Å². The first-order valence-corrected chi connectivity index (χ1v) is 6.29. The third-order valence-electron chi connectivity index (χ3n) is 3.19. The van der Waals surface area contributed by atoms with Crippen LogP contribution < -0.4 is 0 Å². The zero-order valence-corrected chi connectivity index (χ0v) is 11.0. The number of rotatable bonds is 3. The molecule has 1 aromatic carbocycles. The van der Waals surface area contributed by atoms with E-state index in [9.17, 15) is 4.79 Å². The highest BCUT2D eigenvalue weighted by molar-refractivity contribution is 5.95. The molecule has 3 aromatic rings. The van der Waals surface area contributed by atoms with E-state index < -0.39 is 0 Å². The number of esters is 1. The molecular formula is C16H14N2O2. The molecule has 0 unspecified atom stereocenters. The minimum atomic E-state index is -0.379. The normalized spacial score (nSPS) is 10.4. The highest BCUT2D eigenvalue weighted by Gasteiger charge is 2.19. The lowest BCUT2D eigenvalue weighted by Gasteiger charge is -2.08. The molecule has 3 rings (SSSR count). The maximum atomic E-state index is 11.9. The summed E-state index contributed by atoms with van der Waals surface area (Å²) in [7, 11) is 1.38. The number of ether oxygens (including phenoxy) is 1. The van der Waals surface area contributed by atoms with Crippen LogP contribution in [0.25, 0.3) is 16.8 Å². The molecule has 0 atom stereocenters. The van der Waals surface area contributed by atoms with Gasteiger partial charge in [0, 0.05) is 24.2 Å². The second kappa shape index (κ2) is 5.09. The van der Waals surface area contributed by atoms with E-state index >= 15 is 0 Å². The van der Waals surface area contributed by atoms with Gasteiger partial charge in [-0.1, -0.05) is 30.3 Å². The van der Waals surface area contributed by atoms with E-state index in [0.717, 1.165) is 16.8 Å². The predicted octanol–water partition coefficient (Wildman–Crippen LogP) is 3.26. The van der Waals surface area contributed by atoms with Crippen molar-refractivity contribution < 1.29 is 9.53 Å². The zero-order valence-electron chi connectivity index (χ0n) is 11.0. The fourth-order valence-electron chi connectivity index (χ4n) is 2.26. The van der Waals surface area contributed by atoms with Crippen molar-refractivity contribution in [2.45, 2.75) is 0 Å². The summed E-state index contributed by atoms with van der Waals surface area (Å²) in [6, 6.07) is 13.8. The number of carbonyl (C=O) groups excluding carboxylic acids is 1. The van der Waals surface area contributed by atoms with Crippen LogP contribution in [-0.2, 0) is 4.74 Å². The van der Waals surface area contributed by atoms with Crippen LogP contribution in [-0.4, -0.2) is 22.6 Å². The Hall–Kier alpha value is -2.75. The number of H-pyrrole nitrogens is 1. The zero-order chi connectivity index (χ0) is 13.9. The summed E-state index contributed by atoms with van der Waals surface area (Å²) < 4.78 is 6.75. The van der Waals surface area contributed by atoms with Crippen LogP contribution in [0.2, 0.25) is 0 Å². The number of nitrogens with zero attached hydrogens (tertiary/aromatic N) is 1. The molecule has 4 nitrogen and oxygen atoms in total. The second-order valence-corrected chi connectivity index (χ2v) is 4.37. The Balaban J connectivity index is 2.22. The largest absolute Gasteiger partial charge is 0.464 e. The number of carbonyl (C=O) groups is 1. The van der Waals surface area contributed by atoms with Crippen LogP contribution in [0.4, 0.5) is 0 Å². The Morgan fingerprint density at radius 2 is 1.80 bits per heavy atom. The van der Waals surface area contributed by atoms with Crippen LogP contribution in [0.5, 0.6) is 0 Å². The number of hydrogen-bond acceptors (Lipinski definition) is 2. The lowest BCUT2D eigenvalue weighted by molar-refractivity contribution is 0.0595. The second-order valence-electron chi connectivity index (χ2n) is 4.37. The summed E-state index contributed by atoms with van der Waals surface area (Å²) in [4.78, 5) is 14.9.